The van der Waals surface area contributed by atoms with Crippen LogP contribution < -0.4 is 5.73 Å². The number of thiophene rings is 1. The van der Waals surface area contributed by atoms with E-state index in [-0.39, 0.29) is 6.04 Å². The fraction of sp³-hybridized carbons (Fsp3) is 0.333. The zero-order valence-corrected chi connectivity index (χ0v) is 12.2. The number of rotatable bonds is 6. The molecule has 0 aliphatic carbocycles. The Morgan fingerprint density at radius 3 is 2.70 bits per heavy atom. The molecule has 1 aromatic heterocycles. The first kappa shape index (κ1) is 15.1. The lowest BCUT2D eigenvalue weighted by Crippen LogP contribution is -2.32. The van der Waals surface area contributed by atoms with Gasteiger partial charge in [-0.25, -0.2) is 8.78 Å². The third-order valence-electron chi connectivity index (χ3n) is 3.37. The van der Waals surface area contributed by atoms with Crippen LogP contribution in [0.1, 0.15) is 16.5 Å². The quantitative estimate of drug-likeness (QED) is 0.887. The standard InChI is InChI=1S/C15H18F2N2S/c1-19(7-6-12-3-2-8-20-12)15(10-18)13-5-4-11(16)9-14(13)17/h2-5,8-9,15H,6-7,10,18H2,1H3. The van der Waals surface area contributed by atoms with Crippen molar-refractivity contribution in [2.24, 2.45) is 5.73 Å². The van der Waals surface area contributed by atoms with Gasteiger partial charge in [0.05, 0.1) is 0 Å². The lowest BCUT2D eigenvalue weighted by atomic mass is 10.0. The Morgan fingerprint density at radius 1 is 1.30 bits per heavy atom. The molecule has 0 radical (unpaired) electrons. The van der Waals surface area contributed by atoms with E-state index in [2.05, 4.69) is 6.07 Å². The van der Waals surface area contributed by atoms with Crippen molar-refractivity contribution in [3.63, 3.8) is 0 Å². The van der Waals surface area contributed by atoms with Crippen molar-refractivity contribution in [1.29, 1.82) is 0 Å². The highest BCUT2D eigenvalue weighted by Crippen LogP contribution is 2.22. The van der Waals surface area contributed by atoms with E-state index >= 15 is 0 Å². The number of benzene rings is 1. The van der Waals surface area contributed by atoms with Crippen LogP contribution in [0.15, 0.2) is 35.7 Å². The third kappa shape index (κ3) is 3.62. The highest BCUT2D eigenvalue weighted by Gasteiger charge is 2.19. The zero-order chi connectivity index (χ0) is 14.5. The maximum absolute atomic E-state index is 13.8. The van der Waals surface area contributed by atoms with E-state index in [1.165, 1.54) is 17.0 Å². The largest absolute Gasteiger partial charge is 0.329 e. The van der Waals surface area contributed by atoms with Crippen molar-refractivity contribution in [1.82, 2.24) is 4.90 Å². The van der Waals surface area contributed by atoms with Crippen molar-refractivity contribution in [2.45, 2.75) is 12.5 Å². The molecule has 0 amide bonds. The maximum atomic E-state index is 13.8. The fourth-order valence-electron chi connectivity index (χ4n) is 2.21. The first-order valence-corrected chi connectivity index (χ1v) is 7.37. The summed E-state index contributed by atoms with van der Waals surface area (Å²) in [6, 6.07) is 7.51. The van der Waals surface area contributed by atoms with E-state index in [0.717, 1.165) is 19.0 Å². The van der Waals surface area contributed by atoms with Crippen molar-refractivity contribution in [2.75, 3.05) is 20.1 Å². The molecule has 0 bridgehead atoms. The summed E-state index contributed by atoms with van der Waals surface area (Å²) >= 11 is 1.70. The van der Waals surface area contributed by atoms with Gasteiger partial charge in [0.15, 0.2) is 0 Å². The second kappa shape index (κ2) is 6.92. The fourth-order valence-corrected chi connectivity index (χ4v) is 2.91. The molecule has 1 heterocycles. The van der Waals surface area contributed by atoms with Gasteiger partial charge in [-0.1, -0.05) is 12.1 Å². The summed E-state index contributed by atoms with van der Waals surface area (Å²) in [6.07, 6.45) is 0.896. The molecule has 0 aliphatic rings. The van der Waals surface area contributed by atoms with Gasteiger partial charge >= 0.3 is 0 Å². The lowest BCUT2D eigenvalue weighted by Gasteiger charge is -2.27. The highest BCUT2D eigenvalue weighted by molar-refractivity contribution is 7.09. The third-order valence-corrected chi connectivity index (χ3v) is 4.30. The Kier molecular flexibility index (Phi) is 5.23. The van der Waals surface area contributed by atoms with Crippen molar-refractivity contribution < 1.29 is 8.78 Å². The molecular formula is C15H18F2N2S. The minimum Gasteiger partial charge on any atom is -0.329 e. The summed E-state index contributed by atoms with van der Waals surface area (Å²) in [5, 5.41) is 2.04. The van der Waals surface area contributed by atoms with Crippen LogP contribution >= 0.6 is 11.3 Å². The second-order valence-electron chi connectivity index (χ2n) is 4.73. The molecule has 2 N–H and O–H groups in total. The molecule has 108 valence electrons. The van der Waals surface area contributed by atoms with Gasteiger partial charge in [-0.05, 0) is 31.0 Å². The zero-order valence-electron chi connectivity index (χ0n) is 11.4. The van der Waals surface area contributed by atoms with E-state index in [9.17, 15) is 8.78 Å². The van der Waals surface area contributed by atoms with Crippen molar-refractivity contribution in [3.8, 4) is 0 Å². The molecule has 5 heteroatoms. The lowest BCUT2D eigenvalue weighted by molar-refractivity contribution is 0.248. The summed E-state index contributed by atoms with van der Waals surface area (Å²) < 4.78 is 26.8. The summed E-state index contributed by atoms with van der Waals surface area (Å²) in [7, 11) is 1.91. The minimum absolute atomic E-state index is 0.240. The molecule has 2 rings (SSSR count). The van der Waals surface area contributed by atoms with Crippen LogP contribution in [0.25, 0.3) is 0 Å². The summed E-state index contributed by atoms with van der Waals surface area (Å²) in [5.74, 6) is -1.10. The molecule has 2 aromatic rings. The molecular weight excluding hydrogens is 278 g/mol. The van der Waals surface area contributed by atoms with Crippen molar-refractivity contribution >= 4 is 11.3 Å². The molecule has 20 heavy (non-hydrogen) atoms. The Morgan fingerprint density at radius 2 is 2.10 bits per heavy atom. The van der Waals surface area contributed by atoms with E-state index in [0.29, 0.717) is 12.1 Å². The van der Waals surface area contributed by atoms with Crippen LogP contribution in [0.5, 0.6) is 0 Å². The van der Waals surface area contributed by atoms with Gasteiger partial charge in [0.1, 0.15) is 11.6 Å². The summed E-state index contributed by atoms with van der Waals surface area (Å²) in [4.78, 5) is 3.29. The molecule has 0 aliphatic heterocycles. The molecule has 0 fully saturated rings. The Bertz CT molecular complexity index is 543. The maximum Gasteiger partial charge on any atom is 0.130 e. The Balaban J connectivity index is 2.06. The van der Waals surface area contributed by atoms with Crippen LogP contribution in [0.2, 0.25) is 0 Å². The smallest absolute Gasteiger partial charge is 0.130 e. The number of likely N-dealkylation sites (N-methyl/N-ethyl adjacent to an activating group) is 1. The normalized spacial score (nSPS) is 12.8. The predicted molar refractivity (Wildman–Crippen MR) is 78.8 cm³/mol. The molecule has 0 saturated carbocycles. The molecule has 1 unspecified atom stereocenters. The highest BCUT2D eigenvalue weighted by atomic mass is 32.1. The van der Waals surface area contributed by atoms with Crippen molar-refractivity contribution in [3.05, 3.63) is 57.8 Å². The molecule has 1 aromatic carbocycles. The van der Waals surface area contributed by atoms with Gasteiger partial charge in [-0.2, -0.15) is 0 Å². The first-order chi connectivity index (χ1) is 9.61. The van der Waals surface area contributed by atoms with Gasteiger partial charge in [0.25, 0.3) is 0 Å². The van der Waals surface area contributed by atoms with E-state index in [1.807, 2.05) is 23.4 Å². The second-order valence-corrected chi connectivity index (χ2v) is 5.76. The van der Waals surface area contributed by atoms with Gasteiger partial charge < -0.3 is 5.73 Å². The average molecular weight is 296 g/mol. The Labute approximate surface area is 121 Å². The molecule has 0 spiro atoms. The number of hydrogen-bond donors (Lipinski definition) is 1. The Hall–Kier alpha value is -1.30. The van der Waals surface area contributed by atoms with Crippen LogP contribution in [0.3, 0.4) is 0 Å². The van der Waals surface area contributed by atoms with Crippen LogP contribution in [0, 0.1) is 11.6 Å². The van der Waals surface area contributed by atoms with Crippen LogP contribution in [0.4, 0.5) is 8.78 Å². The summed E-state index contributed by atoms with van der Waals surface area (Å²) in [5.41, 5.74) is 6.21. The van der Waals surface area contributed by atoms with E-state index < -0.39 is 11.6 Å². The van der Waals surface area contributed by atoms with Gasteiger partial charge in [-0.3, -0.25) is 4.90 Å². The van der Waals surface area contributed by atoms with Gasteiger partial charge in [0.2, 0.25) is 0 Å². The average Bonchev–Trinajstić information content (AvgIpc) is 2.93. The van der Waals surface area contributed by atoms with Crippen LogP contribution in [-0.2, 0) is 6.42 Å². The van der Waals surface area contributed by atoms with Crippen LogP contribution in [-0.4, -0.2) is 25.0 Å². The molecule has 1 atom stereocenters. The minimum atomic E-state index is -0.566. The predicted octanol–water partition coefficient (Wildman–Crippen LogP) is 3.20. The monoisotopic (exact) mass is 296 g/mol. The van der Waals surface area contributed by atoms with E-state index in [1.54, 1.807) is 11.3 Å². The topological polar surface area (TPSA) is 29.3 Å². The molecule has 2 nitrogen and oxygen atoms in total. The number of nitrogens with zero attached hydrogens (tertiary/aromatic N) is 1. The first-order valence-electron chi connectivity index (χ1n) is 6.49. The number of nitrogens with two attached hydrogens (primary N) is 1. The van der Waals surface area contributed by atoms with Gasteiger partial charge in [0, 0.05) is 35.6 Å². The molecule has 0 saturated heterocycles. The number of hydrogen-bond acceptors (Lipinski definition) is 3. The SMILES string of the molecule is CN(CCc1cccs1)C(CN)c1ccc(F)cc1F. The summed E-state index contributed by atoms with van der Waals surface area (Å²) in [6.45, 7) is 1.07. The van der Waals surface area contributed by atoms with E-state index in [4.69, 9.17) is 5.73 Å². The van der Waals surface area contributed by atoms with Gasteiger partial charge in [-0.15, -0.1) is 11.3 Å². The number of halogens is 2.